The molecule has 1 aromatic rings. The Kier molecular flexibility index (Phi) is 4.81. The topological polar surface area (TPSA) is 62.9 Å². The fourth-order valence-corrected chi connectivity index (χ4v) is 1.71. The van der Waals surface area contributed by atoms with Crippen LogP contribution >= 0.6 is 0 Å². The van der Waals surface area contributed by atoms with Crippen molar-refractivity contribution in [3.05, 3.63) is 23.8 Å². The van der Waals surface area contributed by atoms with Crippen molar-refractivity contribution in [3.63, 3.8) is 0 Å². The van der Waals surface area contributed by atoms with Gasteiger partial charge in [-0.1, -0.05) is 6.07 Å². The second-order valence-corrected chi connectivity index (χ2v) is 3.99. The van der Waals surface area contributed by atoms with Crippen molar-refractivity contribution in [2.24, 2.45) is 5.73 Å². The lowest BCUT2D eigenvalue weighted by Gasteiger charge is -2.13. The molecule has 2 N–H and O–H groups in total. The molecule has 0 bridgehead atoms. The van der Waals surface area contributed by atoms with Gasteiger partial charge in [0, 0.05) is 6.61 Å². The van der Waals surface area contributed by atoms with E-state index in [9.17, 15) is 0 Å². The van der Waals surface area contributed by atoms with Crippen LogP contribution < -0.4 is 15.2 Å². The molecule has 0 aliphatic carbocycles. The summed E-state index contributed by atoms with van der Waals surface area (Å²) in [7, 11) is 0. The summed E-state index contributed by atoms with van der Waals surface area (Å²) in [5.74, 6) is 1.51. The van der Waals surface area contributed by atoms with E-state index >= 15 is 0 Å². The fraction of sp³-hybridized carbons (Fsp3) is 0.538. The Labute approximate surface area is 107 Å². The zero-order chi connectivity index (χ0) is 12.8. The molecule has 0 aromatic heterocycles. The molecule has 1 unspecified atom stereocenters. The van der Waals surface area contributed by atoms with Gasteiger partial charge in [0.05, 0.1) is 25.9 Å². The van der Waals surface area contributed by atoms with Crippen LogP contribution in [0.4, 0.5) is 0 Å². The van der Waals surface area contributed by atoms with Gasteiger partial charge in [-0.05, 0) is 24.6 Å². The molecule has 1 aromatic carbocycles. The molecule has 18 heavy (non-hydrogen) atoms. The molecule has 0 saturated heterocycles. The summed E-state index contributed by atoms with van der Waals surface area (Å²) in [4.78, 5) is 0. The van der Waals surface area contributed by atoms with Gasteiger partial charge in [-0.3, -0.25) is 0 Å². The third kappa shape index (κ3) is 3.35. The molecule has 0 amide bonds. The Morgan fingerprint density at radius 1 is 1.22 bits per heavy atom. The summed E-state index contributed by atoms with van der Waals surface area (Å²) in [6.45, 7) is 4.57. The smallest absolute Gasteiger partial charge is 0.231 e. The minimum atomic E-state index is -0.166. The minimum absolute atomic E-state index is 0.166. The van der Waals surface area contributed by atoms with E-state index in [0.717, 1.165) is 17.1 Å². The molecule has 1 aliphatic heterocycles. The number of ether oxygens (including phenoxy) is 4. The highest BCUT2D eigenvalue weighted by Crippen LogP contribution is 2.33. The summed E-state index contributed by atoms with van der Waals surface area (Å²) in [5.41, 5.74) is 7.02. The molecule has 2 rings (SSSR count). The SMILES string of the molecule is CCOCCOCC(N)c1ccc2c(c1)OCO2. The summed E-state index contributed by atoms with van der Waals surface area (Å²) in [6, 6.07) is 5.54. The van der Waals surface area contributed by atoms with E-state index in [0.29, 0.717) is 26.4 Å². The van der Waals surface area contributed by atoms with Crippen LogP contribution in [0.5, 0.6) is 11.5 Å². The number of rotatable bonds is 7. The number of hydrogen-bond acceptors (Lipinski definition) is 5. The van der Waals surface area contributed by atoms with Crippen LogP contribution in [0.3, 0.4) is 0 Å². The predicted octanol–water partition coefficient (Wildman–Crippen LogP) is 1.47. The van der Waals surface area contributed by atoms with Crippen molar-refractivity contribution in [1.29, 1.82) is 0 Å². The summed E-state index contributed by atoms with van der Waals surface area (Å²) >= 11 is 0. The highest BCUT2D eigenvalue weighted by atomic mass is 16.7. The molecule has 5 nitrogen and oxygen atoms in total. The summed E-state index contributed by atoms with van der Waals surface area (Å²) in [5, 5.41) is 0. The molecule has 0 saturated carbocycles. The van der Waals surface area contributed by atoms with E-state index in [4.69, 9.17) is 24.7 Å². The molecule has 0 radical (unpaired) electrons. The van der Waals surface area contributed by atoms with Crippen molar-refractivity contribution in [2.45, 2.75) is 13.0 Å². The fourth-order valence-electron chi connectivity index (χ4n) is 1.71. The molecule has 100 valence electrons. The Morgan fingerprint density at radius 3 is 2.83 bits per heavy atom. The van der Waals surface area contributed by atoms with E-state index in [1.54, 1.807) is 0 Å². The van der Waals surface area contributed by atoms with E-state index in [1.807, 2.05) is 25.1 Å². The largest absolute Gasteiger partial charge is 0.454 e. The number of benzene rings is 1. The number of fused-ring (bicyclic) bond motifs is 1. The Morgan fingerprint density at radius 2 is 2.00 bits per heavy atom. The van der Waals surface area contributed by atoms with Gasteiger partial charge in [-0.2, -0.15) is 0 Å². The average molecular weight is 253 g/mol. The van der Waals surface area contributed by atoms with Crippen LogP contribution in [0.2, 0.25) is 0 Å². The standard InChI is InChI=1S/C13H19NO4/c1-2-15-5-6-16-8-11(14)10-3-4-12-13(7-10)18-9-17-12/h3-4,7,11H,2,5-6,8-9,14H2,1H3. The lowest BCUT2D eigenvalue weighted by atomic mass is 10.1. The maximum Gasteiger partial charge on any atom is 0.231 e. The first-order chi connectivity index (χ1) is 8.81. The van der Waals surface area contributed by atoms with Gasteiger partial charge in [-0.25, -0.2) is 0 Å². The zero-order valence-electron chi connectivity index (χ0n) is 10.6. The lowest BCUT2D eigenvalue weighted by Crippen LogP contribution is -2.18. The van der Waals surface area contributed by atoms with Crippen LogP contribution in [0.1, 0.15) is 18.5 Å². The van der Waals surface area contributed by atoms with Gasteiger partial charge >= 0.3 is 0 Å². The molecule has 0 spiro atoms. The molecular weight excluding hydrogens is 234 g/mol. The third-order valence-electron chi connectivity index (χ3n) is 2.70. The Bertz CT molecular complexity index is 383. The Balaban J connectivity index is 1.80. The third-order valence-corrected chi connectivity index (χ3v) is 2.70. The second-order valence-electron chi connectivity index (χ2n) is 3.99. The van der Waals surface area contributed by atoms with Crippen molar-refractivity contribution in [3.8, 4) is 11.5 Å². The van der Waals surface area contributed by atoms with E-state index in [1.165, 1.54) is 0 Å². The molecule has 0 fully saturated rings. The maximum atomic E-state index is 6.04. The predicted molar refractivity (Wildman–Crippen MR) is 66.8 cm³/mol. The molecule has 5 heteroatoms. The van der Waals surface area contributed by atoms with Crippen LogP contribution in [0.25, 0.3) is 0 Å². The van der Waals surface area contributed by atoms with E-state index < -0.39 is 0 Å². The number of hydrogen-bond donors (Lipinski definition) is 1. The van der Waals surface area contributed by atoms with E-state index in [-0.39, 0.29) is 12.8 Å². The summed E-state index contributed by atoms with van der Waals surface area (Å²) < 4.78 is 21.2. The zero-order valence-corrected chi connectivity index (χ0v) is 10.6. The van der Waals surface area contributed by atoms with Gasteiger partial charge in [0.25, 0.3) is 0 Å². The van der Waals surface area contributed by atoms with Gasteiger partial charge < -0.3 is 24.7 Å². The Hall–Kier alpha value is -1.30. The van der Waals surface area contributed by atoms with Crippen molar-refractivity contribution < 1.29 is 18.9 Å². The van der Waals surface area contributed by atoms with Crippen LogP contribution in [-0.2, 0) is 9.47 Å². The van der Waals surface area contributed by atoms with Gasteiger partial charge in [0.1, 0.15) is 0 Å². The normalized spacial score (nSPS) is 14.8. The van der Waals surface area contributed by atoms with Gasteiger partial charge in [0.15, 0.2) is 11.5 Å². The van der Waals surface area contributed by atoms with Crippen LogP contribution in [-0.4, -0.2) is 33.2 Å². The first kappa shape index (κ1) is 13.1. The molecular formula is C13H19NO4. The second kappa shape index (κ2) is 6.58. The molecule has 1 heterocycles. The first-order valence-electron chi connectivity index (χ1n) is 6.12. The first-order valence-corrected chi connectivity index (χ1v) is 6.12. The van der Waals surface area contributed by atoms with Crippen LogP contribution in [0.15, 0.2) is 18.2 Å². The minimum Gasteiger partial charge on any atom is -0.454 e. The van der Waals surface area contributed by atoms with Crippen LogP contribution in [0, 0.1) is 0 Å². The van der Waals surface area contributed by atoms with Crippen molar-refractivity contribution >= 4 is 0 Å². The van der Waals surface area contributed by atoms with E-state index in [2.05, 4.69) is 0 Å². The maximum absolute atomic E-state index is 6.04. The monoisotopic (exact) mass is 253 g/mol. The summed E-state index contributed by atoms with van der Waals surface area (Å²) in [6.07, 6.45) is 0. The van der Waals surface area contributed by atoms with Crippen molar-refractivity contribution in [2.75, 3.05) is 33.2 Å². The lowest BCUT2D eigenvalue weighted by molar-refractivity contribution is 0.0472. The quantitative estimate of drug-likeness (QED) is 0.745. The van der Waals surface area contributed by atoms with Gasteiger partial charge in [-0.15, -0.1) is 0 Å². The van der Waals surface area contributed by atoms with Gasteiger partial charge in [0.2, 0.25) is 6.79 Å². The molecule has 1 atom stereocenters. The average Bonchev–Trinajstić information content (AvgIpc) is 2.85. The number of nitrogens with two attached hydrogens (primary N) is 1. The molecule has 1 aliphatic rings. The van der Waals surface area contributed by atoms with Crippen molar-refractivity contribution in [1.82, 2.24) is 0 Å². The highest BCUT2D eigenvalue weighted by Gasteiger charge is 2.15. The highest BCUT2D eigenvalue weighted by molar-refractivity contribution is 5.45.